The molecule has 0 N–H and O–H groups in total. The molecular formula is C13H20S2. The van der Waals surface area contributed by atoms with Crippen molar-refractivity contribution in [3.8, 4) is 0 Å². The molecule has 0 saturated carbocycles. The molecule has 0 atom stereocenters. The zero-order valence-corrected chi connectivity index (χ0v) is 11.6. The molecule has 0 saturated heterocycles. The lowest BCUT2D eigenvalue weighted by Gasteiger charge is -1.78. The maximum Gasteiger partial charge on any atom is 0.00141 e. The van der Waals surface area contributed by atoms with Crippen molar-refractivity contribution in [2.75, 3.05) is 0 Å². The van der Waals surface area contributed by atoms with Crippen LogP contribution in [0.3, 0.4) is 0 Å². The Hall–Kier alpha value is -0.600. The molecule has 0 spiro atoms. The van der Waals surface area contributed by atoms with Gasteiger partial charge in [-0.25, -0.2) is 0 Å². The quantitative estimate of drug-likeness (QED) is 0.626. The molecule has 0 aliphatic rings. The third-order valence-electron chi connectivity index (χ3n) is 1.65. The van der Waals surface area contributed by atoms with Gasteiger partial charge in [0.15, 0.2) is 0 Å². The smallest absolute Gasteiger partial charge is 0.00141 e. The number of aryl methyl sites for hydroxylation is 2. The number of thiophene rings is 2. The largest absolute Gasteiger partial charge is 0.152 e. The molecule has 0 nitrogen and oxygen atoms in total. The molecule has 0 aliphatic carbocycles. The number of hydrogen-bond acceptors (Lipinski definition) is 2. The fourth-order valence-electron chi connectivity index (χ4n) is 0.855. The lowest BCUT2D eigenvalue weighted by atomic mass is 10.3. The van der Waals surface area contributed by atoms with E-state index >= 15 is 0 Å². The van der Waals surface area contributed by atoms with Gasteiger partial charge in [0.1, 0.15) is 0 Å². The average Bonchev–Trinajstić information content (AvgIpc) is 2.93. The van der Waals surface area contributed by atoms with Crippen molar-refractivity contribution in [2.45, 2.75) is 34.1 Å². The molecule has 0 fully saturated rings. The van der Waals surface area contributed by atoms with E-state index in [-0.39, 0.29) is 0 Å². The van der Waals surface area contributed by atoms with Crippen molar-refractivity contribution in [3.05, 3.63) is 44.8 Å². The zero-order chi connectivity index (χ0) is 11.5. The fraction of sp³-hybridized carbons (Fsp3) is 0.385. The van der Waals surface area contributed by atoms with Crippen LogP contribution in [0.2, 0.25) is 0 Å². The first-order valence-electron chi connectivity index (χ1n) is 5.34. The molecule has 0 bridgehead atoms. The van der Waals surface area contributed by atoms with Gasteiger partial charge < -0.3 is 0 Å². The molecule has 0 unspecified atom stereocenters. The zero-order valence-electron chi connectivity index (χ0n) is 9.99. The SMILES string of the molecule is CC.CCc1ccsc1.Cc1cccs1. The van der Waals surface area contributed by atoms with Crippen LogP contribution in [0.15, 0.2) is 34.3 Å². The van der Waals surface area contributed by atoms with Gasteiger partial charge in [0.05, 0.1) is 0 Å². The normalized spacial score (nSPS) is 8.27. The Kier molecular flexibility index (Phi) is 9.54. The molecule has 2 rings (SSSR count). The van der Waals surface area contributed by atoms with Gasteiger partial charge in [-0.1, -0.05) is 26.8 Å². The standard InChI is InChI=1S/C6H8S.C5H6S.C2H6/c1-2-6-3-4-7-5-6;1-5-3-2-4-6-5;1-2/h3-5H,2H2,1H3;2-4H,1H3;1-2H3. The van der Waals surface area contributed by atoms with E-state index < -0.39 is 0 Å². The average molecular weight is 240 g/mol. The first-order chi connectivity index (χ1) is 7.33. The van der Waals surface area contributed by atoms with E-state index in [1.54, 1.807) is 22.7 Å². The van der Waals surface area contributed by atoms with Crippen LogP contribution >= 0.6 is 22.7 Å². The van der Waals surface area contributed by atoms with Crippen LogP contribution in [0.1, 0.15) is 31.2 Å². The summed E-state index contributed by atoms with van der Waals surface area (Å²) in [5, 5.41) is 6.37. The summed E-state index contributed by atoms with van der Waals surface area (Å²) in [6, 6.07) is 6.31. The van der Waals surface area contributed by atoms with Gasteiger partial charge in [0.25, 0.3) is 0 Å². The summed E-state index contributed by atoms with van der Waals surface area (Å²) in [4.78, 5) is 1.38. The molecule has 0 amide bonds. The van der Waals surface area contributed by atoms with E-state index in [9.17, 15) is 0 Å². The van der Waals surface area contributed by atoms with Crippen LogP contribution in [0, 0.1) is 6.92 Å². The summed E-state index contributed by atoms with van der Waals surface area (Å²) in [6.07, 6.45) is 1.17. The van der Waals surface area contributed by atoms with Crippen LogP contribution in [0.4, 0.5) is 0 Å². The summed E-state index contributed by atoms with van der Waals surface area (Å²) in [5.41, 5.74) is 1.45. The molecule has 84 valence electrons. The third kappa shape index (κ3) is 7.34. The Morgan fingerprint density at radius 1 is 1.13 bits per heavy atom. The van der Waals surface area contributed by atoms with Gasteiger partial charge >= 0.3 is 0 Å². The van der Waals surface area contributed by atoms with Crippen molar-refractivity contribution >= 4 is 22.7 Å². The third-order valence-corrected chi connectivity index (χ3v) is 3.18. The molecule has 15 heavy (non-hydrogen) atoms. The van der Waals surface area contributed by atoms with E-state index in [1.807, 2.05) is 13.8 Å². The van der Waals surface area contributed by atoms with Crippen molar-refractivity contribution in [3.63, 3.8) is 0 Å². The van der Waals surface area contributed by atoms with Gasteiger partial charge in [-0.05, 0) is 47.2 Å². The summed E-state index contributed by atoms with van der Waals surface area (Å²) in [7, 11) is 0. The van der Waals surface area contributed by atoms with E-state index in [0.717, 1.165) is 0 Å². The summed E-state index contributed by atoms with van der Waals surface area (Å²) in [5.74, 6) is 0. The predicted molar refractivity (Wildman–Crippen MR) is 74.1 cm³/mol. The topological polar surface area (TPSA) is 0 Å². The van der Waals surface area contributed by atoms with Gasteiger partial charge in [0, 0.05) is 4.88 Å². The Morgan fingerprint density at radius 3 is 2.07 bits per heavy atom. The van der Waals surface area contributed by atoms with Crippen molar-refractivity contribution in [1.82, 2.24) is 0 Å². The molecule has 2 aromatic heterocycles. The minimum atomic E-state index is 1.17. The van der Waals surface area contributed by atoms with E-state index in [0.29, 0.717) is 0 Å². The Balaban J connectivity index is 0.000000227. The predicted octanol–water partition coefficient (Wildman–Crippen LogP) is 5.39. The highest BCUT2D eigenvalue weighted by atomic mass is 32.1. The molecule has 0 radical (unpaired) electrons. The van der Waals surface area contributed by atoms with Gasteiger partial charge in [-0.2, -0.15) is 11.3 Å². The van der Waals surface area contributed by atoms with E-state index in [4.69, 9.17) is 0 Å². The van der Waals surface area contributed by atoms with Crippen LogP contribution < -0.4 is 0 Å². The van der Waals surface area contributed by atoms with Crippen LogP contribution in [0.5, 0.6) is 0 Å². The first kappa shape index (κ1) is 14.4. The summed E-state index contributed by atoms with van der Waals surface area (Å²) in [6.45, 7) is 8.27. The van der Waals surface area contributed by atoms with Gasteiger partial charge in [-0.15, -0.1) is 11.3 Å². The Labute approximate surface area is 102 Å². The fourth-order valence-corrected chi connectivity index (χ4v) is 2.14. The van der Waals surface area contributed by atoms with Crippen molar-refractivity contribution < 1.29 is 0 Å². The summed E-state index contributed by atoms with van der Waals surface area (Å²) < 4.78 is 0. The van der Waals surface area contributed by atoms with Crippen LogP contribution in [0.25, 0.3) is 0 Å². The molecule has 0 aromatic carbocycles. The molecular weight excluding hydrogens is 220 g/mol. The molecule has 2 aromatic rings. The Morgan fingerprint density at radius 2 is 1.87 bits per heavy atom. The molecule has 0 aliphatic heterocycles. The highest BCUT2D eigenvalue weighted by Crippen LogP contribution is 2.05. The van der Waals surface area contributed by atoms with Crippen molar-refractivity contribution in [1.29, 1.82) is 0 Å². The van der Waals surface area contributed by atoms with Crippen LogP contribution in [-0.4, -0.2) is 0 Å². The minimum Gasteiger partial charge on any atom is -0.152 e. The maximum atomic E-state index is 2.18. The highest BCUT2D eigenvalue weighted by Gasteiger charge is 1.82. The highest BCUT2D eigenvalue weighted by molar-refractivity contribution is 7.09. The lowest BCUT2D eigenvalue weighted by Crippen LogP contribution is -1.66. The first-order valence-corrected chi connectivity index (χ1v) is 7.16. The van der Waals surface area contributed by atoms with Crippen molar-refractivity contribution in [2.24, 2.45) is 0 Å². The van der Waals surface area contributed by atoms with E-state index in [2.05, 4.69) is 48.2 Å². The molecule has 2 heteroatoms. The number of hydrogen-bond donors (Lipinski definition) is 0. The van der Waals surface area contributed by atoms with Gasteiger partial charge in [-0.3, -0.25) is 0 Å². The maximum absolute atomic E-state index is 2.18. The second kappa shape index (κ2) is 9.94. The van der Waals surface area contributed by atoms with E-state index in [1.165, 1.54) is 16.9 Å². The second-order valence-electron chi connectivity index (χ2n) is 2.71. The Bertz CT molecular complexity index is 293. The van der Waals surface area contributed by atoms with Gasteiger partial charge in [0.2, 0.25) is 0 Å². The number of rotatable bonds is 1. The lowest BCUT2D eigenvalue weighted by molar-refractivity contribution is 1.16. The summed E-state index contributed by atoms with van der Waals surface area (Å²) >= 11 is 3.54. The monoisotopic (exact) mass is 240 g/mol. The second-order valence-corrected chi connectivity index (χ2v) is 4.64. The molecule has 2 heterocycles. The minimum absolute atomic E-state index is 1.17. The van der Waals surface area contributed by atoms with Crippen LogP contribution in [-0.2, 0) is 6.42 Å².